The van der Waals surface area contributed by atoms with Gasteiger partial charge in [0, 0.05) is 30.7 Å². The van der Waals surface area contributed by atoms with Crippen LogP contribution in [0.1, 0.15) is 30.9 Å². The highest BCUT2D eigenvalue weighted by Gasteiger charge is 2.18. The van der Waals surface area contributed by atoms with Gasteiger partial charge in [-0.05, 0) is 49.8 Å². The van der Waals surface area contributed by atoms with E-state index in [1.165, 1.54) is 24.1 Å². The number of hydrogen-bond donors (Lipinski definition) is 1. The molecule has 4 nitrogen and oxygen atoms in total. The average Bonchev–Trinajstić information content (AvgIpc) is 2.70. The minimum atomic E-state index is 0.137. The Morgan fingerprint density at radius 1 is 1.19 bits per heavy atom. The van der Waals surface area contributed by atoms with E-state index in [2.05, 4.69) is 39.1 Å². The number of benzene rings is 1. The maximum absolute atomic E-state index is 5.82. The molecule has 1 aromatic carbocycles. The molecule has 2 heterocycles. The van der Waals surface area contributed by atoms with Gasteiger partial charge in [0.1, 0.15) is 0 Å². The second-order valence-electron chi connectivity index (χ2n) is 5.81. The molecule has 0 bridgehead atoms. The summed E-state index contributed by atoms with van der Waals surface area (Å²) in [6, 6.07) is 8.70. The van der Waals surface area contributed by atoms with Crippen LogP contribution in [0.3, 0.4) is 0 Å². The average molecular weight is 282 g/mol. The number of rotatable bonds is 3. The summed E-state index contributed by atoms with van der Waals surface area (Å²) in [5, 5.41) is 0. The summed E-state index contributed by atoms with van der Waals surface area (Å²) in [5.74, 6) is 0.790. The molecule has 0 fully saturated rings. The van der Waals surface area contributed by atoms with Crippen molar-refractivity contribution in [1.82, 2.24) is 9.97 Å². The Hall–Kier alpha value is -1.94. The third kappa shape index (κ3) is 3.22. The number of aryl methyl sites for hydroxylation is 1. The van der Waals surface area contributed by atoms with E-state index >= 15 is 0 Å². The van der Waals surface area contributed by atoms with Crippen molar-refractivity contribution < 1.29 is 0 Å². The van der Waals surface area contributed by atoms with Gasteiger partial charge in [-0.1, -0.05) is 18.2 Å². The Bertz CT molecular complexity index is 592. The van der Waals surface area contributed by atoms with Crippen LogP contribution in [0.25, 0.3) is 0 Å². The Kier molecular flexibility index (Phi) is 4.15. The van der Waals surface area contributed by atoms with Crippen molar-refractivity contribution in [2.45, 2.75) is 38.6 Å². The summed E-state index contributed by atoms with van der Waals surface area (Å²) in [7, 11) is 0. The Labute approximate surface area is 126 Å². The predicted molar refractivity (Wildman–Crippen MR) is 85.8 cm³/mol. The minimum Gasteiger partial charge on any atom is -0.328 e. The topological polar surface area (TPSA) is 55.0 Å². The van der Waals surface area contributed by atoms with Crippen LogP contribution in [0.2, 0.25) is 0 Å². The molecule has 1 atom stereocenters. The summed E-state index contributed by atoms with van der Waals surface area (Å²) in [6.07, 6.45) is 8.14. The van der Waals surface area contributed by atoms with Crippen LogP contribution in [0.4, 0.5) is 11.6 Å². The molecular formula is C17H22N4. The van der Waals surface area contributed by atoms with Crippen LogP contribution in [0, 0.1) is 0 Å². The fourth-order valence-electron chi connectivity index (χ4n) is 2.86. The molecule has 0 amide bonds. The lowest BCUT2D eigenvalue weighted by Crippen LogP contribution is -2.21. The summed E-state index contributed by atoms with van der Waals surface area (Å²) >= 11 is 0. The first kappa shape index (κ1) is 14.0. The quantitative estimate of drug-likeness (QED) is 0.940. The zero-order valence-corrected chi connectivity index (χ0v) is 12.5. The molecule has 21 heavy (non-hydrogen) atoms. The molecule has 4 heteroatoms. The molecule has 3 rings (SSSR count). The van der Waals surface area contributed by atoms with Crippen LogP contribution < -0.4 is 10.6 Å². The van der Waals surface area contributed by atoms with E-state index in [0.717, 1.165) is 30.9 Å². The Morgan fingerprint density at radius 2 is 1.95 bits per heavy atom. The van der Waals surface area contributed by atoms with Crippen molar-refractivity contribution in [1.29, 1.82) is 0 Å². The highest BCUT2D eigenvalue weighted by molar-refractivity contribution is 5.62. The van der Waals surface area contributed by atoms with Gasteiger partial charge in [0.2, 0.25) is 5.95 Å². The molecule has 0 saturated carbocycles. The van der Waals surface area contributed by atoms with Crippen molar-refractivity contribution in [2.24, 2.45) is 5.73 Å². The smallest absolute Gasteiger partial charge is 0.229 e. The summed E-state index contributed by atoms with van der Waals surface area (Å²) in [5.41, 5.74) is 9.55. The van der Waals surface area contributed by atoms with Gasteiger partial charge in [-0.25, -0.2) is 9.97 Å². The molecule has 2 N–H and O–H groups in total. The number of anilines is 2. The van der Waals surface area contributed by atoms with E-state index in [1.54, 1.807) is 0 Å². The molecule has 0 spiro atoms. The number of aromatic nitrogens is 2. The van der Waals surface area contributed by atoms with E-state index in [1.807, 2.05) is 19.3 Å². The first-order chi connectivity index (χ1) is 10.2. The molecule has 1 aliphatic heterocycles. The van der Waals surface area contributed by atoms with Gasteiger partial charge < -0.3 is 10.6 Å². The van der Waals surface area contributed by atoms with Crippen molar-refractivity contribution in [3.8, 4) is 0 Å². The third-order valence-corrected chi connectivity index (χ3v) is 3.85. The van der Waals surface area contributed by atoms with Gasteiger partial charge in [-0.15, -0.1) is 0 Å². The SMILES string of the molecule is CC(N)Cc1cnc(N2CCCCc3ccccc32)nc1. The monoisotopic (exact) mass is 282 g/mol. The van der Waals surface area contributed by atoms with E-state index in [-0.39, 0.29) is 6.04 Å². The molecule has 1 aliphatic rings. The zero-order chi connectivity index (χ0) is 14.7. The second kappa shape index (κ2) is 6.22. The summed E-state index contributed by atoms with van der Waals surface area (Å²) in [6.45, 7) is 2.97. The molecule has 2 aromatic rings. The fourth-order valence-corrected chi connectivity index (χ4v) is 2.86. The summed E-state index contributed by atoms with van der Waals surface area (Å²) < 4.78 is 0. The third-order valence-electron chi connectivity index (χ3n) is 3.85. The molecule has 0 aliphatic carbocycles. The molecule has 110 valence electrons. The lowest BCUT2D eigenvalue weighted by molar-refractivity contribution is 0.728. The number of para-hydroxylation sites is 1. The first-order valence-corrected chi connectivity index (χ1v) is 7.66. The van der Waals surface area contributed by atoms with Crippen LogP contribution in [0.15, 0.2) is 36.7 Å². The number of hydrogen-bond acceptors (Lipinski definition) is 4. The van der Waals surface area contributed by atoms with Gasteiger partial charge in [0.15, 0.2) is 0 Å². The van der Waals surface area contributed by atoms with Gasteiger partial charge in [0.25, 0.3) is 0 Å². The molecule has 0 radical (unpaired) electrons. The van der Waals surface area contributed by atoms with Crippen LogP contribution in [-0.4, -0.2) is 22.6 Å². The van der Waals surface area contributed by atoms with Crippen molar-refractivity contribution in [2.75, 3.05) is 11.4 Å². The summed E-state index contributed by atoms with van der Waals surface area (Å²) in [4.78, 5) is 11.3. The van der Waals surface area contributed by atoms with Crippen molar-refractivity contribution in [3.05, 3.63) is 47.8 Å². The maximum atomic E-state index is 5.82. The van der Waals surface area contributed by atoms with E-state index < -0.39 is 0 Å². The van der Waals surface area contributed by atoms with Gasteiger partial charge in [-0.2, -0.15) is 0 Å². The number of nitrogens with zero attached hydrogens (tertiary/aromatic N) is 3. The molecular weight excluding hydrogens is 260 g/mol. The van der Waals surface area contributed by atoms with Crippen molar-refractivity contribution >= 4 is 11.6 Å². The number of fused-ring (bicyclic) bond motifs is 1. The van der Waals surface area contributed by atoms with E-state index in [9.17, 15) is 0 Å². The predicted octanol–water partition coefficient (Wildman–Crippen LogP) is 2.84. The fraction of sp³-hybridized carbons (Fsp3) is 0.412. The van der Waals surface area contributed by atoms with E-state index in [4.69, 9.17) is 5.73 Å². The Morgan fingerprint density at radius 3 is 2.71 bits per heavy atom. The zero-order valence-electron chi connectivity index (χ0n) is 12.5. The second-order valence-corrected chi connectivity index (χ2v) is 5.81. The standard InChI is InChI=1S/C17H22N4/c1-13(18)10-14-11-19-17(20-12-14)21-9-5-4-7-15-6-2-3-8-16(15)21/h2-3,6,8,11-13H,4-5,7,9-10,18H2,1H3. The molecule has 0 saturated heterocycles. The molecule has 1 aromatic heterocycles. The molecule has 1 unspecified atom stereocenters. The van der Waals surface area contributed by atoms with Crippen LogP contribution in [0.5, 0.6) is 0 Å². The highest BCUT2D eigenvalue weighted by atomic mass is 15.3. The Balaban J connectivity index is 1.89. The van der Waals surface area contributed by atoms with Crippen molar-refractivity contribution in [3.63, 3.8) is 0 Å². The van der Waals surface area contributed by atoms with Gasteiger partial charge >= 0.3 is 0 Å². The highest BCUT2D eigenvalue weighted by Crippen LogP contribution is 2.30. The normalized spacial score (nSPS) is 16.2. The van der Waals surface area contributed by atoms with Crippen LogP contribution >= 0.6 is 0 Å². The largest absolute Gasteiger partial charge is 0.328 e. The maximum Gasteiger partial charge on any atom is 0.229 e. The van der Waals surface area contributed by atoms with Crippen LogP contribution in [-0.2, 0) is 12.8 Å². The lowest BCUT2D eigenvalue weighted by Gasteiger charge is -2.22. The minimum absolute atomic E-state index is 0.137. The van der Waals surface area contributed by atoms with E-state index in [0.29, 0.717) is 0 Å². The van der Waals surface area contributed by atoms with Gasteiger partial charge in [-0.3, -0.25) is 0 Å². The first-order valence-electron chi connectivity index (χ1n) is 7.66. The lowest BCUT2D eigenvalue weighted by atomic mass is 10.1. The number of nitrogens with two attached hydrogens (primary N) is 1. The van der Waals surface area contributed by atoms with Gasteiger partial charge in [0.05, 0.1) is 0 Å².